The third-order valence-electron chi connectivity index (χ3n) is 20.7. The molecule has 2 aliphatic rings. The Morgan fingerprint density at radius 1 is 0.438 bits per heavy atom. The first-order valence-corrected chi connectivity index (χ1v) is 42.8. The number of phenols is 5. The lowest BCUT2D eigenvalue weighted by Crippen LogP contribution is -2.62. The third kappa shape index (κ3) is 32.0. The number of carbonyl (C=O) groups is 16. The summed E-state index contributed by atoms with van der Waals surface area (Å²) < 4.78 is 0. The van der Waals surface area contributed by atoms with Crippen LogP contribution in [-0.2, 0) is 115 Å². The Labute approximate surface area is 741 Å². The molecule has 41 heteroatoms. The van der Waals surface area contributed by atoms with Crippen molar-refractivity contribution in [1.29, 1.82) is 0 Å². The molecular weight excluding hydrogens is 1680 g/mol. The highest BCUT2D eigenvalue weighted by Gasteiger charge is 2.41. The summed E-state index contributed by atoms with van der Waals surface area (Å²) in [7, 11) is 0. The standard InChI is InChI=1S/C87H112N18O22S/c1-46(2)30-60-76(116)91-40-72(113)95-69(78(118)90-39-71(88)112)43-128-44-73(114)94-63(33-50-11-21-56(108)22-12-50)80(120)100-67(37-54-38-89-45-93-54)84(124)104-75(48(5)6)87(127)102-66(36-53-17-27-59(111)28-18-53)82(122)98-64(34-51-13-23-57(109)24-14-51)81(121)99-65(35-52-15-25-58(110)26-16-52)83(123)103-68(42-106)85(125)96-61(31-47(3)4)79(119)97-62(32-49-9-19-55(107)20-10-49)77(117)92-41-74(115)105-29-7-8-70(105)86(126)101-60/h9-28,38,45-48,60-70,75,106-111H,7-8,29-37,39-44H2,1-6H3,(H2,88,112)(H,89,93)(H,90,118)(H,91,116)(H,92,117)(H,94,114)(H,95,113)(H,96,125)(H,97,119)(H,98,122)(H,99,121)(H,100,120)(H,101,126)(H,102,127)(H,103,123)(H,104,124)/t60-,61-,62-,63-,64-,65-,66-,67-,68-,69-,70-,75-/m0/s1. The summed E-state index contributed by atoms with van der Waals surface area (Å²) in [6.07, 6.45) is 0.911. The number of aliphatic hydroxyl groups is 1. The predicted octanol–water partition coefficient (Wildman–Crippen LogP) is -2.66. The van der Waals surface area contributed by atoms with Gasteiger partial charge in [-0.15, -0.1) is 11.8 Å². The van der Waals surface area contributed by atoms with Gasteiger partial charge < -0.3 is 121 Å². The van der Waals surface area contributed by atoms with E-state index in [0.717, 1.165) is 11.8 Å². The first-order chi connectivity index (χ1) is 60.9. The fourth-order valence-corrected chi connectivity index (χ4v) is 14.9. The van der Waals surface area contributed by atoms with Crippen LogP contribution in [0, 0.1) is 17.8 Å². The average Bonchev–Trinajstić information content (AvgIpc) is 1.15. The number of H-pyrrole nitrogens is 1. The molecule has 1 aromatic heterocycles. The minimum atomic E-state index is -1.90. The van der Waals surface area contributed by atoms with Crippen molar-refractivity contribution in [3.05, 3.63) is 167 Å². The van der Waals surface area contributed by atoms with Crippen molar-refractivity contribution >= 4 is 106 Å². The van der Waals surface area contributed by atoms with E-state index < -0.39 is 224 Å². The smallest absolute Gasteiger partial charge is 0.245 e. The summed E-state index contributed by atoms with van der Waals surface area (Å²) in [5.41, 5.74) is 7.31. The number of hydrogen-bond acceptors (Lipinski definition) is 24. The number of rotatable bonds is 21. The number of primary amides is 1. The number of phenolic OH excluding ortho intramolecular Hbond substituents is 5. The number of imidazole rings is 1. The Hall–Kier alpha value is -13.9. The molecular formula is C87H112N18O22S. The molecule has 2 aliphatic heterocycles. The summed E-state index contributed by atoms with van der Waals surface area (Å²) in [6.45, 7) is 6.67. The lowest BCUT2D eigenvalue weighted by molar-refractivity contribution is -0.140. The summed E-state index contributed by atoms with van der Waals surface area (Å²) >= 11 is 0.770. The van der Waals surface area contributed by atoms with Crippen LogP contribution >= 0.6 is 11.8 Å². The molecule has 0 aliphatic carbocycles. The molecule has 16 amide bonds. The molecule has 8 rings (SSSR count). The zero-order chi connectivity index (χ0) is 93.4. The number of nitrogens with one attached hydrogen (secondary N) is 15. The van der Waals surface area contributed by atoms with Crippen LogP contribution in [0.1, 0.15) is 101 Å². The molecule has 0 radical (unpaired) electrons. The van der Waals surface area contributed by atoms with Gasteiger partial charge in [-0.1, -0.05) is 102 Å². The Morgan fingerprint density at radius 3 is 1.21 bits per heavy atom. The molecule has 0 spiro atoms. The number of thioether (sulfide) groups is 1. The number of aromatic nitrogens is 2. The Morgan fingerprint density at radius 2 is 0.797 bits per heavy atom. The molecule has 5 aromatic carbocycles. The number of amides is 16. The van der Waals surface area contributed by atoms with Crippen LogP contribution in [0.15, 0.2) is 134 Å². The fourth-order valence-electron chi connectivity index (χ4n) is 14.0. The number of carbonyl (C=O) groups excluding carboxylic acids is 16. The van der Waals surface area contributed by atoms with Gasteiger partial charge in [0.15, 0.2) is 0 Å². The van der Waals surface area contributed by atoms with E-state index in [9.17, 15) is 88.2 Å². The van der Waals surface area contributed by atoms with Crippen LogP contribution in [-0.4, -0.2) is 257 Å². The van der Waals surface area contributed by atoms with E-state index >= 15 is 19.2 Å². The highest BCUT2D eigenvalue weighted by molar-refractivity contribution is 8.00. The minimum Gasteiger partial charge on any atom is -0.508 e. The third-order valence-corrected chi connectivity index (χ3v) is 21.8. The van der Waals surface area contributed by atoms with Gasteiger partial charge in [-0.05, 0) is 132 Å². The van der Waals surface area contributed by atoms with Crippen molar-refractivity contribution in [2.75, 3.05) is 44.3 Å². The van der Waals surface area contributed by atoms with E-state index in [1.807, 2.05) is 0 Å². The largest absolute Gasteiger partial charge is 0.508 e. The quantitative estimate of drug-likeness (QED) is 0.0350. The lowest BCUT2D eigenvalue weighted by atomic mass is 9.99. The summed E-state index contributed by atoms with van der Waals surface area (Å²) in [5, 5.41) is 98.5. The van der Waals surface area contributed by atoms with Gasteiger partial charge in [0.25, 0.3) is 0 Å². The van der Waals surface area contributed by atoms with E-state index in [0.29, 0.717) is 34.2 Å². The first-order valence-electron chi connectivity index (χ1n) is 41.7. The average molecular weight is 1790 g/mol. The van der Waals surface area contributed by atoms with Crippen molar-refractivity contribution in [3.63, 3.8) is 0 Å². The van der Waals surface area contributed by atoms with Gasteiger partial charge >= 0.3 is 0 Å². The van der Waals surface area contributed by atoms with Crippen LogP contribution in [0.4, 0.5) is 0 Å². The van der Waals surface area contributed by atoms with Crippen molar-refractivity contribution in [3.8, 4) is 28.7 Å². The zero-order valence-corrected chi connectivity index (χ0v) is 72.3. The van der Waals surface area contributed by atoms with Gasteiger partial charge in [0.2, 0.25) is 94.5 Å². The van der Waals surface area contributed by atoms with Crippen LogP contribution in [0.25, 0.3) is 0 Å². The molecule has 3 heterocycles. The van der Waals surface area contributed by atoms with Crippen LogP contribution in [0.2, 0.25) is 0 Å². The number of nitrogens with zero attached hydrogens (tertiary/aromatic N) is 2. The molecule has 2 saturated heterocycles. The molecule has 40 nitrogen and oxygen atoms in total. The zero-order valence-electron chi connectivity index (χ0n) is 71.5. The topological polar surface area (TPSA) is 621 Å². The van der Waals surface area contributed by atoms with E-state index in [1.165, 1.54) is 139 Å². The minimum absolute atomic E-state index is 0.00295. The maximum absolute atomic E-state index is 15.3. The van der Waals surface area contributed by atoms with Crippen molar-refractivity contribution < 1.29 is 107 Å². The highest BCUT2D eigenvalue weighted by Crippen LogP contribution is 2.23. The van der Waals surface area contributed by atoms with Gasteiger partial charge in [-0.2, -0.15) is 0 Å². The van der Waals surface area contributed by atoms with Gasteiger partial charge in [0.1, 0.15) is 101 Å². The first kappa shape index (κ1) is 99.6. The molecule has 688 valence electrons. The Bertz CT molecular complexity index is 4850. The number of aliphatic hydroxyl groups excluding tert-OH is 1. The summed E-state index contributed by atoms with van der Waals surface area (Å²) in [6, 6.07) is 8.63. The van der Waals surface area contributed by atoms with E-state index in [1.54, 1.807) is 41.5 Å². The van der Waals surface area contributed by atoms with Crippen molar-refractivity contribution in [2.24, 2.45) is 23.5 Å². The second-order valence-electron chi connectivity index (χ2n) is 32.4. The van der Waals surface area contributed by atoms with Crippen molar-refractivity contribution in [1.82, 2.24) is 89.3 Å². The van der Waals surface area contributed by atoms with Crippen LogP contribution in [0.5, 0.6) is 28.7 Å². The van der Waals surface area contributed by atoms with Crippen molar-refractivity contribution in [2.45, 2.75) is 178 Å². The Balaban J connectivity index is 1.16. The number of fused-ring (bicyclic) bond motifs is 1. The van der Waals surface area contributed by atoms with Gasteiger partial charge in [0.05, 0.1) is 44.0 Å². The van der Waals surface area contributed by atoms with E-state index in [-0.39, 0.29) is 97.8 Å². The number of benzene rings is 5. The lowest BCUT2D eigenvalue weighted by Gasteiger charge is -2.29. The fraction of sp³-hybridized carbons (Fsp3) is 0.437. The van der Waals surface area contributed by atoms with Gasteiger partial charge in [-0.25, -0.2) is 4.98 Å². The molecule has 23 N–H and O–H groups in total. The molecule has 0 unspecified atom stereocenters. The normalized spacial score (nSPS) is 22.9. The predicted molar refractivity (Wildman–Crippen MR) is 464 cm³/mol. The maximum atomic E-state index is 15.3. The highest BCUT2D eigenvalue weighted by atomic mass is 32.2. The SMILES string of the molecule is CC(C)C[C@@H]1NC(=O)[C@H](CO)NC(=O)[C@H](Cc2ccc(O)cc2)NC(=O)[C@H](Cc2ccc(O)cc2)NC(=O)[C@H](Cc2ccc(O)cc2)NC(=O)[C@H](C(C)C)NC(=O)[C@H](Cc2c[nH]cn2)NC(=O)[C@H](Cc2ccc(O)cc2)NC(=O)CSC[C@@H](C(=O)NCC(N)=O)NC(=O)CNC(=O)[C@H](CC(C)C)NC(=O)[C@@H]2CCCN2C(=O)CNC(=O)[C@H](Cc2ccc(O)cc2)NC1=O. The van der Waals surface area contributed by atoms with Gasteiger partial charge in [0, 0.05) is 57.0 Å². The molecule has 128 heavy (non-hydrogen) atoms. The second-order valence-corrected chi connectivity index (χ2v) is 33.4. The molecule has 2 fully saturated rings. The number of aromatic hydroxyl groups is 5. The molecule has 0 bridgehead atoms. The number of aromatic amines is 1. The van der Waals surface area contributed by atoms with E-state index in [2.05, 4.69) is 84.4 Å². The van der Waals surface area contributed by atoms with Crippen LogP contribution in [0.3, 0.4) is 0 Å². The monoisotopic (exact) mass is 1790 g/mol. The van der Waals surface area contributed by atoms with E-state index in [4.69, 9.17) is 5.73 Å². The van der Waals surface area contributed by atoms with Crippen LogP contribution < -0.4 is 80.2 Å². The Kier molecular flexibility index (Phi) is 37.8. The number of nitrogens with two attached hydrogens (primary N) is 1. The maximum Gasteiger partial charge on any atom is 0.245 e. The summed E-state index contributed by atoms with van der Waals surface area (Å²) in [5.74, 6) is -18.6. The molecule has 6 aromatic rings. The molecule has 0 saturated carbocycles. The molecule has 12 atom stereocenters. The van der Waals surface area contributed by atoms with Gasteiger partial charge in [-0.3, -0.25) is 76.7 Å². The summed E-state index contributed by atoms with van der Waals surface area (Å²) in [4.78, 5) is 239. The second kappa shape index (κ2) is 48.6. The number of hydrogen-bond donors (Lipinski definition) is 22.